The molecule has 1 spiro atoms. The van der Waals surface area contributed by atoms with Crippen LogP contribution in [0.2, 0.25) is 0 Å². The van der Waals surface area contributed by atoms with Gasteiger partial charge in [0.05, 0.1) is 6.26 Å². The van der Waals surface area contributed by atoms with Crippen molar-refractivity contribution in [1.82, 2.24) is 15.1 Å². The highest BCUT2D eigenvalue weighted by atomic mass is 32.2. The van der Waals surface area contributed by atoms with Crippen LogP contribution in [0.5, 0.6) is 11.5 Å². The minimum absolute atomic E-state index is 0.0395. The van der Waals surface area contributed by atoms with Gasteiger partial charge in [-0.3, -0.25) is 19.2 Å². The highest BCUT2D eigenvalue weighted by Gasteiger charge is 2.53. The average Bonchev–Trinajstić information content (AvgIpc) is 2.97. The molecule has 2 aromatic rings. The Kier molecular flexibility index (Phi) is 9.42. The van der Waals surface area contributed by atoms with Crippen LogP contribution in [0.3, 0.4) is 0 Å². The third-order valence-electron chi connectivity index (χ3n) is 8.96. The topological polar surface area (TPSA) is 108 Å². The van der Waals surface area contributed by atoms with Gasteiger partial charge in [-0.05, 0) is 73.6 Å². The number of nitrogens with zero attached hydrogens (tertiary/aromatic N) is 2. The first-order valence-corrected chi connectivity index (χ1v) is 17.2. The van der Waals surface area contributed by atoms with Gasteiger partial charge in [-0.25, -0.2) is 8.42 Å². The van der Waals surface area contributed by atoms with E-state index in [1.165, 1.54) is 32.1 Å². The molecule has 0 radical (unpaired) electrons. The number of piperazine rings is 1. The summed E-state index contributed by atoms with van der Waals surface area (Å²) in [6.07, 6.45) is 10.1. The van der Waals surface area contributed by atoms with Gasteiger partial charge in [0.15, 0.2) is 0 Å². The number of likely N-dealkylation sites (tertiary alicyclic amines) is 1. The van der Waals surface area contributed by atoms with E-state index in [9.17, 15) is 18.0 Å². The Labute approximate surface area is 250 Å². The molecule has 3 fully saturated rings. The van der Waals surface area contributed by atoms with Crippen LogP contribution in [-0.2, 0) is 26.2 Å². The van der Waals surface area contributed by atoms with E-state index in [0.29, 0.717) is 42.5 Å². The van der Waals surface area contributed by atoms with Gasteiger partial charge >= 0.3 is 0 Å². The Morgan fingerprint density at radius 1 is 0.952 bits per heavy atom. The molecule has 1 atom stereocenters. The summed E-state index contributed by atoms with van der Waals surface area (Å²) < 4.78 is 31.1. The van der Waals surface area contributed by atoms with E-state index in [2.05, 4.69) is 21.9 Å². The molecular formula is C32H44N4O5S. The number of amides is 2. The van der Waals surface area contributed by atoms with E-state index in [1.54, 1.807) is 24.3 Å². The standard InChI is InChI=1S/C32H44N4O5S/c1-3-19-36-30(37)29(22-24-7-5-4-6-8-24)33-31(38)32(36)17-20-35(21-18-32)23-25-9-13-27(14-10-25)41-28-15-11-26(12-16-28)34-42(2,39)40/h9-16,24,29,34H,3-8,17-23H2,1-2H3,(H,33,38)/t29-/m0/s1. The first-order chi connectivity index (χ1) is 20.1. The summed E-state index contributed by atoms with van der Waals surface area (Å²) in [5, 5.41) is 3.17. The summed E-state index contributed by atoms with van der Waals surface area (Å²) in [5.41, 5.74) is 0.889. The van der Waals surface area contributed by atoms with Crippen LogP contribution in [-0.4, -0.2) is 67.5 Å². The largest absolute Gasteiger partial charge is 0.457 e. The fourth-order valence-corrected chi connectivity index (χ4v) is 7.34. The molecule has 9 nitrogen and oxygen atoms in total. The number of hydrogen-bond donors (Lipinski definition) is 2. The van der Waals surface area contributed by atoms with Crippen LogP contribution in [0.25, 0.3) is 0 Å². The number of ether oxygens (including phenoxy) is 1. The number of sulfonamides is 1. The van der Waals surface area contributed by atoms with Gasteiger partial charge in [0.1, 0.15) is 23.1 Å². The van der Waals surface area contributed by atoms with Crippen LogP contribution in [0.4, 0.5) is 5.69 Å². The minimum Gasteiger partial charge on any atom is -0.457 e. The summed E-state index contributed by atoms with van der Waals surface area (Å²) in [5.74, 6) is 2.00. The maximum absolute atomic E-state index is 13.7. The zero-order chi connectivity index (χ0) is 29.7. The smallest absolute Gasteiger partial charge is 0.246 e. The lowest BCUT2D eigenvalue weighted by Gasteiger charge is -2.52. The minimum atomic E-state index is -3.32. The van der Waals surface area contributed by atoms with Gasteiger partial charge in [0, 0.05) is 31.9 Å². The Balaban J connectivity index is 1.16. The Morgan fingerprint density at radius 2 is 1.57 bits per heavy atom. The van der Waals surface area contributed by atoms with Crippen LogP contribution in [0, 0.1) is 5.92 Å². The van der Waals surface area contributed by atoms with Crippen molar-refractivity contribution in [2.24, 2.45) is 5.92 Å². The summed E-state index contributed by atoms with van der Waals surface area (Å²) in [6, 6.07) is 14.3. The van der Waals surface area contributed by atoms with E-state index in [4.69, 9.17) is 4.74 Å². The lowest BCUT2D eigenvalue weighted by atomic mass is 9.79. The van der Waals surface area contributed by atoms with Gasteiger partial charge in [-0.15, -0.1) is 0 Å². The molecule has 2 N–H and O–H groups in total. The molecule has 0 unspecified atom stereocenters. The Bertz CT molecular complexity index is 1330. The first-order valence-electron chi connectivity index (χ1n) is 15.3. The number of rotatable bonds is 10. The van der Waals surface area contributed by atoms with E-state index >= 15 is 0 Å². The highest BCUT2D eigenvalue weighted by molar-refractivity contribution is 7.92. The van der Waals surface area contributed by atoms with Crippen molar-refractivity contribution in [3.8, 4) is 11.5 Å². The Morgan fingerprint density at radius 3 is 2.17 bits per heavy atom. The predicted octanol–water partition coefficient (Wildman–Crippen LogP) is 4.89. The second kappa shape index (κ2) is 13.0. The van der Waals surface area contributed by atoms with Crippen molar-refractivity contribution < 1.29 is 22.7 Å². The molecular weight excluding hydrogens is 552 g/mol. The molecule has 42 heavy (non-hydrogen) atoms. The molecule has 10 heteroatoms. The number of piperidine rings is 1. The summed E-state index contributed by atoms with van der Waals surface area (Å²) in [6.45, 7) is 4.97. The van der Waals surface area contributed by atoms with Crippen LogP contribution < -0.4 is 14.8 Å². The molecule has 2 saturated heterocycles. The van der Waals surface area contributed by atoms with Gasteiger partial charge < -0.3 is 15.0 Å². The highest BCUT2D eigenvalue weighted by Crippen LogP contribution is 2.36. The molecule has 2 heterocycles. The van der Waals surface area contributed by atoms with E-state index in [0.717, 1.165) is 44.3 Å². The number of benzene rings is 2. The van der Waals surface area contributed by atoms with Crippen molar-refractivity contribution in [3.63, 3.8) is 0 Å². The molecule has 0 bridgehead atoms. The zero-order valence-corrected chi connectivity index (χ0v) is 25.6. The number of hydrogen-bond acceptors (Lipinski definition) is 6. The zero-order valence-electron chi connectivity index (χ0n) is 24.8. The van der Waals surface area contributed by atoms with Crippen molar-refractivity contribution >= 4 is 27.5 Å². The maximum Gasteiger partial charge on any atom is 0.246 e. The summed E-state index contributed by atoms with van der Waals surface area (Å²) >= 11 is 0. The number of anilines is 1. The third kappa shape index (κ3) is 7.26. The fourth-order valence-electron chi connectivity index (χ4n) is 6.78. The van der Waals surface area contributed by atoms with Gasteiger partial charge in [-0.1, -0.05) is 51.2 Å². The van der Waals surface area contributed by atoms with Crippen LogP contribution in [0.1, 0.15) is 70.3 Å². The quantitative estimate of drug-likeness (QED) is 0.404. The first kappa shape index (κ1) is 30.4. The van der Waals surface area contributed by atoms with Crippen molar-refractivity contribution in [3.05, 3.63) is 54.1 Å². The third-order valence-corrected chi connectivity index (χ3v) is 9.56. The van der Waals surface area contributed by atoms with Crippen molar-refractivity contribution in [2.45, 2.75) is 82.8 Å². The maximum atomic E-state index is 13.7. The number of carbonyl (C=O) groups is 2. The van der Waals surface area contributed by atoms with E-state index in [1.807, 2.05) is 29.2 Å². The molecule has 2 aromatic carbocycles. The second-order valence-electron chi connectivity index (χ2n) is 12.2. The van der Waals surface area contributed by atoms with E-state index < -0.39 is 15.6 Å². The Hall–Kier alpha value is -3.11. The van der Waals surface area contributed by atoms with Crippen molar-refractivity contribution in [2.75, 3.05) is 30.6 Å². The second-order valence-corrected chi connectivity index (χ2v) is 14.0. The summed E-state index contributed by atoms with van der Waals surface area (Å²) in [7, 11) is -3.32. The van der Waals surface area contributed by atoms with Gasteiger partial charge in [-0.2, -0.15) is 0 Å². The van der Waals surface area contributed by atoms with Crippen LogP contribution >= 0.6 is 0 Å². The predicted molar refractivity (Wildman–Crippen MR) is 164 cm³/mol. The molecule has 228 valence electrons. The molecule has 2 aliphatic heterocycles. The average molecular weight is 597 g/mol. The molecule has 5 rings (SSSR count). The fraction of sp³-hybridized carbons (Fsp3) is 0.562. The molecule has 1 saturated carbocycles. The van der Waals surface area contributed by atoms with Crippen LogP contribution in [0.15, 0.2) is 48.5 Å². The normalized spacial score (nSPS) is 21.8. The van der Waals surface area contributed by atoms with Gasteiger partial charge in [0.25, 0.3) is 0 Å². The molecule has 1 aliphatic carbocycles. The van der Waals surface area contributed by atoms with E-state index in [-0.39, 0.29) is 17.9 Å². The van der Waals surface area contributed by atoms with Gasteiger partial charge in [0.2, 0.25) is 21.8 Å². The SMILES string of the molecule is CCCN1C(=O)[C@H](CC2CCCCC2)NC(=O)C12CCN(Cc1ccc(Oc3ccc(NS(C)(=O)=O)cc3)cc1)CC2. The number of nitrogens with one attached hydrogen (secondary N) is 2. The molecule has 0 aromatic heterocycles. The summed E-state index contributed by atoms with van der Waals surface area (Å²) in [4.78, 5) is 31.6. The number of carbonyl (C=O) groups excluding carboxylic acids is 2. The molecule has 2 amide bonds. The molecule has 3 aliphatic rings. The monoisotopic (exact) mass is 596 g/mol. The lowest BCUT2D eigenvalue weighted by Crippen LogP contribution is -2.73. The lowest BCUT2D eigenvalue weighted by molar-refractivity contribution is -0.162. The van der Waals surface area contributed by atoms with Crippen molar-refractivity contribution in [1.29, 1.82) is 0 Å².